The second kappa shape index (κ2) is 6.56. The predicted molar refractivity (Wildman–Crippen MR) is 98.9 cm³/mol. The van der Waals surface area contributed by atoms with Crippen LogP contribution in [-0.2, 0) is 0 Å². The Labute approximate surface area is 154 Å². The summed E-state index contributed by atoms with van der Waals surface area (Å²) in [5, 5.41) is 2.84. The molecule has 0 bridgehead atoms. The summed E-state index contributed by atoms with van der Waals surface area (Å²) in [7, 11) is 1.55. The van der Waals surface area contributed by atoms with Crippen LogP contribution >= 0.6 is 0 Å². The van der Waals surface area contributed by atoms with Crippen LogP contribution in [0.2, 0.25) is 0 Å². The molecule has 27 heavy (non-hydrogen) atoms. The number of rotatable bonds is 4. The van der Waals surface area contributed by atoms with Crippen molar-refractivity contribution in [1.29, 1.82) is 0 Å². The first-order valence-corrected chi connectivity index (χ1v) is 8.27. The van der Waals surface area contributed by atoms with Crippen molar-refractivity contribution in [1.82, 2.24) is 19.4 Å². The number of ether oxygens (including phenoxy) is 1. The van der Waals surface area contributed by atoms with Crippen molar-refractivity contribution in [3.05, 3.63) is 60.1 Å². The van der Waals surface area contributed by atoms with Gasteiger partial charge < -0.3 is 14.5 Å². The molecule has 0 fully saturated rings. The maximum atomic E-state index is 12.7. The van der Waals surface area contributed by atoms with Crippen molar-refractivity contribution in [2.75, 3.05) is 12.4 Å². The lowest BCUT2D eigenvalue weighted by Crippen LogP contribution is -2.13. The van der Waals surface area contributed by atoms with E-state index in [4.69, 9.17) is 9.15 Å². The van der Waals surface area contributed by atoms with Gasteiger partial charge in [0, 0.05) is 23.1 Å². The molecule has 0 saturated heterocycles. The van der Waals surface area contributed by atoms with Crippen LogP contribution in [0.1, 0.15) is 21.9 Å². The molecule has 0 saturated carbocycles. The molecule has 8 heteroatoms. The zero-order chi connectivity index (χ0) is 19.0. The molecule has 3 aromatic heterocycles. The molecule has 4 rings (SSSR count). The number of nitrogens with one attached hydrogen (secondary N) is 1. The summed E-state index contributed by atoms with van der Waals surface area (Å²) < 4.78 is 12.5. The van der Waals surface area contributed by atoms with E-state index >= 15 is 0 Å². The number of aromatic nitrogens is 4. The number of amides is 1. The summed E-state index contributed by atoms with van der Waals surface area (Å²) in [6.45, 7) is 3.82. The first-order chi connectivity index (χ1) is 13.1. The van der Waals surface area contributed by atoms with Gasteiger partial charge in [-0.05, 0) is 32.0 Å². The largest absolute Gasteiger partial charge is 0.496 e. The highest BCUT2D eigenvalue weighted by Crippen LogP contribution is 2.31. The van der Waals surface area contributed by atoms with Gasteiger partial charge in [-0.25, -0.2) is 15.0 Å². The van der Waals surface area contributed by atoms with Crippen molar-refractivity contribution in [2.24, 2.45) is 0 Å². The normalized spacial score (nSPS) is 10.9. The van der Waals surface area contributed by atoms with Crippen LogP contribution in [0.15, 0.2) is 47.5 Å². The van der Waals surface area contributed by atoms with Crippen LogP contribution in [0.3, 0.4) is 0 Å². The standard InChI is InChI=1S/C19H17N5O3/c1-11-8-12(2)24-10-21-16(17(24)22-11)18(25)23-13-4-5-14(15(9-13)26-3)19-20-6-7-27-19/h4-10H,1-3H3,(H,23,25). The van der Waals surface area contributed by atoms with Gasteiger partial charge in [0.15, 0.2) is 11.3 Å². The van der Waals surface area contributed by atoms with Gasteiger partial charge in [0.25, 0.3) is 5.91 Å². The SMILES string of the molecule is COc1cc(NC(=O)c2ncn3c(C)cc(C)nc23)ccc1-c1ncco1. The first kappa shape index (κ1) is 16.8. The lowest BCUT2D eigenvalue weighted by Gasteiger charge is -2.09. The number of aryl methyl sites for hydroxylation is 2. The highest BCUT2D eigenvalue weighted by atomic mass is 16.5. The maximum Gasteiger partial charge on any atom is 0.278 e. The van der Waals surface area contributed by atoms with Gasteiger partial charge in [-0.2, -0.15) is 0 Å². The van der Waals surface area contributed by atoms with Crippen molar-refractivity contribution >= 4 is 17.2 Å². The Bertz CT molecular complexity index is 1130. The second-order valence-electron chi connectivity index (χ2n) is 6.03. The van der Waals surface area contributed by atoms with Crippen molar-refractivity contribution in [3.63, 3.8) is 0 Å². The Hall–Kier alpha value is -3.68. The molecule has 8 nitrogen and oxygen atoms in total. The Kier molecular flexibility index (Phi) is 4.08. The molecule has 4 aromatic rings. The third-order valence-corrected chi connectivity index (χ3v) is 4.16. The van der Waals surface area contributed by atoms with E-state index in [0.29, 0.717) is 28.5 Å². The number of oxazole rings is 1. The predicted octanol–water partition coefficient (Wildman–Crippen LogP) is 3.26. The van der Waals surface area contributed by atoms with E-state index in [-0.39, 0.29) is 11.6 Å². The highest BCUT2D eigenvalue weighted by molar-refractivity contribution is 6.07. The first-order valence-electron chi connectivity index (χ1n) is 8.27. The third-order valence-electron chi connectivity index (χ3n) is 4.16. The van der Waals surface area contributed by atoms with E-state index in [1.165, 1.54) is 6.26 Å². The van der Waals surface area contributed by atoms with E-state index < -0.39 is 0 Å². The number of methoxy groups -OCH3 is 1. The van der Waals surface area contributed by atoms with Gasteiger partial charge in [0.05, 0.1) is 18.9 Å². The number of hydrogen-bond donors (Lipinski definition) is 1. The summed E-state index contributed by atoms with van der Waals surface area (Å²) in [6, 6.07) is 7.17. The molecule has 1 amide bonds. The molecule has 0 aliphatic rings. The molecule has 0 unspecified atom stereocenters. The van der Waals surface area contributed by atoms with Crippen LogP contribution in [-0.4, -0.2) is 32.4 Å². The molecule has 136 valence electrons. The van der Waals surface area contributed by atoms with E-state index in [0.717, 1.165) is 11.4 Å². The van der Waals surface area contributed by atoms with Gasteiger partial charge >= 0.3 is 0 Å². The van der Waals surface area contributed by atoms with Crippen LogP contribution in [0.4, 0.5) is 5.69 Å². The van der Waals surface area contributed by atoms with Crippen molar-refractivity contribution < 1.29 is 13.9 Å². The van der Waals surface area contributed by atoms with Gasteiger partial charge in [-0.1, -0.05) is 0 Å². The van der Waals surface area contributed by atoms with Crippen LogP contribution in [0.5, 0.6) is 5.75 Å². The van der Waals surface area contributed by atoms with Crippen LogP contribution in [0.25, 0.3) is 17.1 Å². The molecule has 0 atom stereocenters. The Morgan fingerprint density at radius 2 is 2.07 bits per heavy atom. The quantitative estimate of drug-likeness (QED) is 0.598. The number of carbonyl (C=O) groups is 1. The number of anilines is 1. The molecule has 0 aliphatic heterocycles. The van der Waals surface area contributed by atoms with Crippen LogP contribution < -0.4 is 10.1 Å². The molecule has 0 aliphatic carbocycles. The lowest BCUT2D eigenvalue weighted by molar-refractivity contribution is 0.102. The maximum absolute atomic E-state index is 12.7. The molecular weight excluding hydrogens is 346 g/mol. The van der Waals surface area contributed by atoms with E-state index in [1.54, 1.807) is 42.2 Å². The van der Waals surface area contributed by atoms with Gasteiger partial charge in [-0.3, -0.25) is 9.20 Å². The van der Waals surface area contributed by atoms with E-state index in [2.05, 4.69) is 20.3 Å². The number of hydrogen-bond acceptors (Lipinski definition) is 6. The molecular formula is C19H17N5O3. The van der Waals surface area contributed by atoms with Gasteiger partial charge in [0.1, 0.15) is 18.3 Å². The fourth-order valence-corrected chi connectivity index (χ4v) is 2.93. The minimum Gasteiger partial charge on any atom is -0.496 e. The molecule has 0 spiro atoms. The summed E-state index contributed by atoms with van der Waals surface area (Å²) in [5.74, 6) is 0.635. The fourth-order valence-electron chi connectivity index (χ4n) is 2.93. The Morgan fingerprint density at radius 3 is 2.81 bits per heavy atom. The monoisotopic (exact) mass is 363 g/mol. The van der Waals surface area contributed by atoms with E-state index in [9.17, 15) is 4.79 Å². The highest BCUT2D eigenvalue weighted by Gasteiger charge is 2.18. The van der Waals surface area contributed by atoms with Crippen molar-refractivity contribution in [2.45, 2.75) is 13.8 Å². The number of benzene rings is 1. The zero-order valence-corrected chi connectivity index (χ0v) is 15.1. The second-order valence-corrected chi connectivity index (χ2v) is 6.03. The smallest absolute Gasteiger partial charge is 0.278 e. The minimum absolute atomic E-state index is 0.262. The molecule has 1 N–H and O–H groups in total. The Balaban J connectivity index is 1.66. The fraction of sp³-hybridized carbons (Fsp3) is 0.158. The van der Waals surface area contributed by atoms with Crippen molar-refractivity contribution in [3.8, 4) is 17.2 Å². The third kappa shape index (κ3) is 3.01. The molecule has 0 radical (unpaired) electrons. The Morgan fingerprint density at radius 1 is 1.22 bits per heavy atom. The number of nitrogens with zero attached hydrogens (tertiary/aromatic N) is 4. The summed E-state index contributed by atoms with van der Waals surface area (Å²) in [6.07, 6.45) is 4.65. The number of imidazole rings is 1. The zero-order valence-electron chi connectivity index (χ0n) is 15.1. The number of carbonyl (C=O) groups excluding carboxylic acids is 1. The van der Waals surface area contributed by atoms with Crippen LogP contribution in [0, 0.1) is 13.8 Å². The minimum atomic E-state index is -0.346. The average Bonchev–Trinajstić information content (AvgIpc) is 3.31. The lowest BCUT2D eigenvalue weighted by atomic mass is 10.1. The summed E-state index contributed by atoms with van der Waals surface area (Å²) in [5.41, 5.74) is 3.83. The summed E-state index contributed by atoms with van der Waals surface area (Å²) in [4.78, 5) is 25.5. The van der Waals surface area contributed by atoms with Gasteiger partial charge in [0.2, 0.25) is 5.89 Å². The number of fused-ring (bicyclic) bond motifs is 1. The average molecular weight is 363 g/mol. The van der Waals surface area contributed by atoms with E-state index in [1.807, 2.05) is 19.9 Å². The van der Waals surface area contributed by atoms with Gasteiger partial charge in [-0.15, -0.1) is 0 Å². The molecule has 1 aromatic carbocycles. The summed E-state index contributed by atoms with van der Waals surface area (Å²) >= 11 is 0. The topological polar surface area (TPSA) is 94.5 Å². The molecule has 3 heterocycles.